The number of carbonyl (C=O) groups is 3. The fraction of sp³-hybridized carbons (Fsp3) is 0.550. The molecular formula is C20H29N3O6S. The normalized spacial score (nSPS) is 15.8. The van der Waals surface area contributed by atoms with E-state index in [1.807, 2.05) is 0 Å². The fourth-order valence-electron chi connectivity index (χ4n) is 3.14. The topological polar surface area (TPSA) is 131 Å². The van der Waals surface area contributed by atoms with Crippen LogP contribution in [0.25, 0.3) is 0 Å². The first kappa shape index (κ1) is 23.8. The van der Waals surface area contributed by atoms with E-state index in [2.05, 4.69) is 15.4 Å². The molecule has 3 N–H and O–H groups in total. The van der Waals surface area contributed by atoms with Crippen LogP contribution in [-0.4, -0.2) is 45.0 Å². The summed E-state index contributed by atoms with van der Waals surface area (Å²) >= 11 is 0. The second kappa shape index (κ2) is 11.1. The van der Waals surface area contributed by atoms with Crippen molar-refractivity contribution in [2.45, 2.75) is 69.4 Å². The summed E-state index contributed by atoms with van der Waals surface area (Å²) in [4.78, 5) is 35.9. The third-order valence-electron chi connectivity index (χ3n) is 4.78. The van der Waals surface area contributed by atoms with Crippen molar-refractivity contribution in [2.24, 2.45) is 0 Å². The van der Waals surface area contributed by atoms with Crippen LogP contribution in [0.5, 0.6) is 0 Å². The van der Waals surface area contributed by atoms with Gasteiger partial charge in [-0.15, -0.1) is 0 Å². The highest BCUT2D eigenvalue weighted by atomic mass is 32.2. The van der Waals surface area contributed by atoms with E-state index >= 15 is 0 Å². The monoisotopic (exact) mass is 439 g/mol. The number of sulfonamides is 1. The molecule has 0 spiro atoms. The predicted molar refractivity (Wildman–Crippen MR) is 110 cm³/mol. The predicted octanol–water partition coefficient (Wildman–Crippen LogP) is 1.75. The molecule has 9 nitrogen and oxygen atoms in total. The average Bonchev–Trinajstić information content (AvgIpc) is 2.68. The van der Waals surface area contributed by atoms with Crippen molar-refractivity contribution in [2.75, 3.05) is 6.54 Å². The van der Waals surface area contributed by atoms with Crippen LogP contribution in [0.2, 0.25) is 0 Å². The number of benzene rings is 1. The minimum absolute atomic E-state index is 0.0471. The van der Waals surface area contributed by atoms with Crippen LogP contribution in [0, 0.1) is 6.92 Å². The zero-order valence-electron chi connectivity index (χ0n) is 17.3. The van der Waals surface area contributed by atoms with Gasteiger partial charge in [0.25, 0.3) is 5.91 Å². The number of rotatable bonds is 8. The standard InChI is InChI=1S/C20H29N3O6S/c1-14-7-6-10-17(13-14)30(27,28)21-12-11-18(24)29-15(2)19(25)23-20(26)22-16-8-4-3-5-9-16/h6-7,10,13,15-16,21H,3-5,8-9,11-12H2,1-2H3,(H2,22,23,25,26). The quantitative estimate of drug-likeness (QED) is 0.529. The molecule has 3 amide bonds. The molecular weight excluding hydrogens is 410 g/mol. The van der Waals surface area contributed by atoms with Crippen molar-refractivity contribution in [1.82, 2.24) is 15.4 Å². The Morgan fingerprint density at radius 3 is 2.53 bits per heavy atom. The highest BCUT2D eigenvalue weighted by Gasteiger charge is 2.22. The lowest BCUT2D eigenvalue weighted by Gasteiger charge is -2.23. The number of ether oxygens (including phenoxy) is 1. The Hall–Kier alpha value is -2.46. The summed E-state index contributed by atoms with van der Waals surface area (Å²) in [5.74, 6) is -1.49. The maximum Gasteiger partial charge on any atom is 0.321 e. The summed E-state index contributed by atoms with van der Waals surface area (Å²) in [7, 11) is -3.74. The Bertz CT molecular complexity index is 865. The first-order valence-electron chi connectivity index (χ1n) is 10.0. The first-order valence-corrected chi connectivity index (χ1v) is 11.5. The van der Waals surface area contributed by atoms with Crippen LogP contribution in [0.4, 0.5) is 4.79 Å². The zero-order chi connectivity index (χ0) is 22.1. The summed E-state index contributed by atoms with van der Waals surface area (Å²) in [6.07, 6.45) is 3.56. The van der Waals surface area contributed by atoms with Gasteiger partial charge in [-0.3, -0.25) is 14.9 Å². The van der Waals surface area contributed by atoms with E-state index in [-0.39, 0.29) is 23.9 Å². The second-order valence-corrected chi connectivity index (χ2v) is 9.16. The average molecular weight is 440 g/mol. The number of nitrogens with one attached hydrogen (secondary N) is 3. The molecule has 0 aliphatic heterocycles. The Kier molecular flexibility index (Phi) is 8.79. The van der Waals surface area contributed by atoms with E-state index in [1.54, 1.807) is 19.1 Å². The fourth-order valence-corrected chi connectivity index (χ4v) is 4.28. The SMILES string of the molecule is Cc1cccc(S(=O)(=O)NCCC(=O)OC(C)C(=O)NC(=O)NC2CCCCC2)c1. The van der Waals surface area contributed by atoms with Gasteiger partial charge in [0.2, 0.25) is 10.0 Å². The molecule has 1 aliphatic rings. The van der Waals surface area contributed by atoms with Gasteiger partial charge in [0.05, 0.1) is 11.3 Å². The van der Waals surface area contributed by atoms with E-state index < -0.39 is 34.0 Å². The molecule has 166 valence electrons. The molecule has 1 fully saturated rings. The number of urea groups is 1. The highest BCUT2D eigenvalue weighted by molar-refractivity contribution is 7.89. The van der Waals surface area contributed by atoms with E-state index in [4.69, 9.17) is 4.74 Å². The van der Waals surface area contributed by atoms with E-state index in [0.717, 1.165) is 37.7 Å². The van der Waals surface area contributed by atoms with Gasteiger partial charge in [0, 0.05) is 12.6 Å². The van der Waals surface area contributed by atoms with Crippen LogP contribution in [0.1, 0.15) is 51.0 Å². The van der Waals surface area contributed by atoms with Crippen molar-refractivity contribution in [3.8, 4) is 0 Å². The Labute approximate surface area is 177 Å². The summed E-state index contributed by atoms with van der Waals surface area (Å²) < 4.78 is 31.7. The molecule has 1 aromatic rings. The molecule has 1 aromatic carbocycles. The number of amides is 3. The Morgan fingerprint density at radius 1 is 1.17 bits per heavy atom. The minimum atomic E-state index is -3.74. The summed E-state index contributed by atoms with van der Waals surface area (Å²) in [5, 5.41) is 4.90. The van der Waals surface area contributed by atoms with Gasteiger partial charge >= 0.3 is 12.0 Å². The van der Waals surface area contributed by atoms with Gasteiger partial charge < -0.3 is 10.1 Å². The molecule has 0 heterocycles. The molecule has 0 saturated heterocycles. The number of carbonyl (C=O) groups excluding carboxylic acids is 3. The number of hydrogen-bond donors (Lipinski definition) is 3. The van der Waals surface area contributed by atoms with Gasteiger partial charge in [-0.05, 0) is 44.4 Å². The van der Waals surface area contributed by atoms with E-state index in [1.165, 1.54) is 19.1 Å². The molecule has 0 radical (unpaired) electrons. The minimum Gasteiger partial charge on any atom is -0.452 e. The van der Waals surface area contributed by atoms with Gasteiger partial charge in [0.1, 0.15) is 0 Å². The molecule has 1 saturated carbocycles. The van der Waals surface area contributed by atoms with Crippen LogP contribution < -0.4 is 15.4 Å². The van der Waals surface area contributed by atoms with Gasteiger partial charge in [-0.2, -0.15) is 0 Å². The first-order chi connectivity index (χ1) is 14.2. The zero-order valence-corrected chi connectivity index (χ0v) is 18.1. The second-order valence-electron chi connectivity index (χ2n) is 7.39. The summed E-state index contributed by atoms with van der Waals surface area (Å²) in [6, 6.07) is 5.82. The van der Waals surface area contributed by atoms with Crippen LogP contribution in [-0.2, 0) is 24.3 Å². The van der Waals surface area contributed by atoms with Crippen LogP contribution in [0.15, 0.2) is 29.2 Å². The summed E-state index contributed by atoms with van der Waals surface area (Å²) in [6.45, 7) is 2.95. The lowest BCUT2D eigenvalue weighted by Crippen LogP contribution is -2.48. The smallest absolute Gasteiger partial charge is 0.321 e. The highest BCUT2D eigenvalue weighted by Crippen LogP contribution is 2.17. The van der Waals surface area contributed by atoms with Crippen molar-refractivity contribution < 1.29 is 27.5 Å². The van der Waals surface area contributed by atoms with Gasteiger partial charge in [0.15, 0.2) is 6.10 Å². The maximum absolute atomic E-state index is 12.2. The van der Waals surface area contributed by atoms with Gasteiger partial charge in [-0.1, -0.05) is 31.4 Å². The maximum atomic E-state index is 12.2. The van der Waals surface area contributed by atoms with Gasteiger partial charge in [-0.25, -0.2) is 17.9 Å². The lowest BCUT2D eigenvalue weighted by atomic mass is 9.96. The molecule has 10 heteroatoms. The Morgan fingerprint density at radius 2 is 1.87 bits per heavy atom. The molecule has 30 heavy (non-hydrogen) atoms. The number of hydrogen-bond acceptors (Lipinski definition) is 6. The van der Waals surface area contributed by atoms with E-state index in [0.29, 0.717) is 0 Å². The van der Waals surface area contributed by atoms with E-state index in [9.17, 15) is 22.8 Å². The molecule has 1 aliphatic carbocycles. The molecule has 1 unspecified atom stereocenters. The number of esters is 1. The van der Waals surface area contributed by atoms with Crippen molar-refractivity contribution in [3.63, 3.8) is 0 Å². The molecule has 0 aromatic heterocycles. The van der Waals surface area contributed by atoms with Crippen LogP contribution in [0.3, 0.4) is 0 Å². The summed E-state index contributed by atoms with van der Waals surface area (Å²) in [5.41, 5.74) is 0.796. The largest absolute Gasteiger partial charge is 0.452 e. The van der Waals surface area contributed by atoms with Crippen molar-refractivity contribution >= 4 is 27.9 Å². The van der Waals surface area contributed by atoms with Crippen molar-refractivity contribution in [3.05, 3.63) is 29.8 Å². The third-order valence-corrected chi connectivity index (χ3v) is 6.23. The Balaban J connectivity index is 1.71. The molecule has 0 bridgehead atoms. The third kappa shape index (κ3) is 7.75. The number of aryl methyl sites for hydroxylation is 1. The van der Waals surface area contributed by atoms with Crippen molar-refractivity contribution in [1.29, 1.82) is 0 Å². The lowest BCUT2D eigenvalue weighted by molar-refractivity contribution is -0.154. The molecule has 2 rings (SSSR count). The number of imide groups is 1. The van der Waals surface area contributed by atoms with Crippen LogP contribution >= 0.6 is 0 Å². The molecule has 1 atom stereocenters.